The van der Waals surface area contributed by atoms with Gasteiger partial charge in [-0.2, -0.15) is 0 Å². The molecule has 1 heterocycles. The van der Waals surface area contributed by atoms with Crippen LogP contribution >= 0.6 is 0 Å². The Morgan fingerprint density at radius 1 is 1.13 bits per heavy atom. The average Bonchev–Trinajstić information content (AvgIpc) is 2.99. The van der Waals surface area contributed by atoms with Gasteiger partial charge in [-0.1, -0.05) is 60.7 Å². The molecular formula is C20H24N2O. The molecular weight excluding hydrogens is 284 g/mol. The standard InChI is InChI=1S/C20H24N2O/c1-15-12-18(16-8-4-2-5-9-16)14-22(15)20(23)19(13-21)17-10-6-3-7-11-17/h2-11,15,18-19H,12-14,21H2,1H3. The maximum atomic E-state index is 13.0. The molecule has 0 spiro atoms. The fourth-order valence-electron chi connectivity index (χ4n) is 3.57. The highest BCUT2D eigenvalue weighted by molar-refractivity contribution is 5.84. The van der Waals surface area contributed by atoms with Crippen LogP contribution in [0.2, 0.25) is 0 Å². The van der Waals surface area contributed by atoms with Crippen LogP contribution in [0.4, 0.5) is 0 Å². The van der Waals surface area contributed by atoms with Crippen LogP contribution in [-0.2, 0) is 4.79 Å². The van der Waals surface area contributed by atoms with Gasteiger partial charge in [0.1, 0.15) is 0 Å². The van der Waals surface area contributed by atoms with E-state index in [-0.39, 0.29) is 17.9 Å². The summed E-state index contributed by atoms with van der Waals surface area (Å²) in [7, 11) is 0. The lowest BCUT2D eigenvalue weighted by Gasteiger charge is -2.26. The third kappa shape index (κ3) is 3.30. The highest BCUT2D eigenvalue weighted by Crippen LogP contribution is 2.33. The Bertz CT molecular complexity index is 641. The van der Waals surface area contributed by atoms with Crippen LogP contribution in [0.5, 0.6) is 0 Å². The number of carbonyl (C=O) groups is 1. The largest absolute Gasteiger partial charge is 0.339 e. The lowest BCUT2D eigenvalue weighted by molar-refractivity contribution is -0.133. The van der Waals surface area contributed by atoms with E-state index in [0.717, 1.165) is 18.5 Å². The predicted molar refractivity (Wildman–Crippen MR) is 93.2 cm³/mol. The van der Waals surface area contributed by atoms with Crippen LogP contribution in [0.1, 0.15) is 36.3 Å². The molecule has 1 amide bonds. The van der Waals surface area contributed by atoms with Crippen LogP contribution in [0, 0.1) is 0 Å². The third-order valence-corrected chi connectivity index (χ3v) is 4.86. The van der Waals surface area contributed by atoms with Crippen molar-refractivity contribution in [2.75, 3.05) is 13.1 Å². The van der Waals surface area contributed by atoms with Crippen molar-refractivity contribution in [3.05, 3.63) is 71.8 Å². The summed E-state index contributed by atoms with van der Waals surface area (Å²) in [6.45, 7) is 3.27. The van der Waals surface area contributed by atoms with E-state index in [9.17, 15) is 4.79 Å². The number of benzene rings is 2. The van der Waals surface area contributed by atoms with Crippen molar-refractivity contribution in [2.45, 2.75) is 31.2 Å². The fourth-order valence-corrected chi connectivity index (χ4v) is 3.57. The molecule has 0 saturated carbocycles. The normalized spacial score (nSPS) is 22.1. The van der Waals surface area contributed by atoms with Crippen molar-refractivity contribution in [2.24, 2.45) is 5.73 Å². The van der Waals surface area contributed by atoms with E-state index in [0.29, 0.717) is 12.5 Å². The van der Waals surface area contributed by atoms with E-state index in [1.165, 1.54) is 5.56 Å². The molecule has 3 nitrogen and oxygen atoms in total. The number of amides is 1. The van der Waals surface area contributed by atoms with Crippen LogP contribution in [-0.4, -0.2) is 29.9 Å². The van der Waals surface area contributed by atoms with Gasteiger partial charge >= 0.3 is 0 Å². The van der Waals surface area contributed by atoms with Gasteiger partial charge in [0, 0.05) is 25.0 Å². The summed E-state index contributed by atoms with van der Waals surface area (Å²) in [4.78, 5) is 15.0. The number of likely N-dealkylation sites (tertiary alicyclic amines) is 1. The Kier molecular flexibility index (Phi) is 4.77. The first-order valence-corrected chi connectivity index (χ1v) is 8.31. The molecule has 0 aromatic heterocycles. The van der Waals surface area contributed by atoms with E-state index in [4.69, 9.17) is 5.73 Å². The van der Waals surface area contributed by atoms with Gasteiger partial charge in [0.25, 0.3) is 0 Å². The highest BCUT2D eigenvalue weighted by Gasteiger charge is 2.36. The first-order chi connectivity index (χ1) is 11.2. The number of nitrogens with two attached hydrogens (primary N) is 1. The van der Waals surface area contributed by atoms with Crippen molar-refractivity contribution in [1.82, 2.24) is 4.90 Å². The number of carbonyl (C=O) groups excluding carboxylic acids is 1. The summed E-state index contributed by atoms with van der Waals surface area (Å²) >= 11 is 0. The molecule has 3 heteroatoms. The smallest absolute Gasteiger partial charge is 0.231 e. The van der Waals surface area contributed by atoms with Gasteiger partial charge in [0.05, 0.1) is 5.92 Å². The molecule has 3 rings (SSSR count). The van der Waals surface area contributed by atoms with E-state index in [2.05, 4.69) is 31.2 Å². The summed E-state index contributed by atoms with van der Waals surface area (Å²) in [5.41, 5.74) is 8.24. The summed E-state index contributed by atoms with van der Waals surface area (Å²) in [5, 5.41) is 0. The molecule has 3 unspecified atom stereocenters. The number of hydrogen-bond acceptors (Lipinski definition) is 2. The first-order valence-electron chi connectivity index (χ1n) is 8.31. The second-order valence-electron chi connectivity index (χ2n) is 6.38. The molecule has 0 radical (unpaired) electrons. The van der Waals surface area contributed by atoms with Crippen LogP contribution < -0.4 is 5.73 Å². The number of hydrogen-bond donors (Lipinski definition) is 1. The molecule has 1 aliphatic rings. The molecule has 2 aromatic rings. The Balaban J connectivity index is 1.77. The minimum absolute atomic E-state index is 0.157. The summed E-state index contributed by atoms with van der Waals surface area (Å²) in [5.74, 6) is 0.335. The number of rotatable bonds is 4. The van der Waals surface area contributed by atoms with Gasteiger partial charge in [0.15, 0.2) is 0 Å². The molecule has 2 N–H and O–H groups in total. The van der Waals surface area contributed by atoms with Gasteiger partial charge < -0.3 is 10.6 Å². The van der Waals surface area contributed by atoms with Gasteiger partial charge in [-0.05, 0) is 24.5 Å². The van der Waals surface area contributed by atoms with Gasteiger partial charge in [0.2, 0.25) is 5.91 Å². The zero-order chi connectivity index (χ0) is 16.2. The molecule has 120 valence electrons. The van der Waals surface area contributed by atoms with E-state index >= 15 is 0 Å². The summed E-state index contributed by atoms with van der Waals surface area (Å²) in [6.07, 6.45) is 1.02. The van der Waals surface area contributed by atoms with E-state index < -0.39 is 0 Å². The molecule has 23 heavy (non-hydrogen) atoms. The first kappa shape index (κ1) is 15.8. The molecule has 1 aliphatic heterocycles. The van der Waals surface area contributed by atoms with Gasteiger partial charge in [-0.3, -0.25) is 4.79 Å². The second kappa shape index (κ2) is 6.97. The van der Waals surface area contributed by atoms with Gasteiger partial charge in [-0.25, -0.2) is 0 Å². The van der Waals surface area contributed by atoms with E-state index in [1.807, 2.05) is 41.3 Å². The highest BCUT2D eigenvalue weighted by atomic mass is 16.2. The Morgan fingerprint density at radius 2 is 1.74 bits per heavy atom. The molecule has 2 aromatic carbocycles. The zero-order valence-electron chi connectivity index (χ0n) is 13.6. The van der Waals surface area contributed by atoms with Crippen LogP contribution in [0.25, 0.3) is 0 Å². The molecule has 0 bridgehead atoms. The number of nitrogens with zero attached hydrogens (tertiary/aromatic N) is 1. The summed E-state index contributed by atoms with van der Waals surface area (Å²) < 4.78 is 0. The van der Waals surface area contributed by atoms with E-state index in [1.54, 1.807) is 0 Å². The zero-order valence-corrected chi connectivity index (χ0v) is 13.6. The topological polar surface area (TPSA) is 46.3 Å². The van der Waals surface area contributed by atoms with Crippen molar-refractivity contribution in [3.63, 3.8) is 0 Å². The SMILES string of the molecule is CC1CC(c2ccccc2)CN1C(=O)C(CN)c1ccccc1. The lowest BCUT2D eigenvalue weighted by atomic mass is 9.97. The minimum Gasteiger partial charge on any atom is -0.339 e. The lowest BCUT2D eigenvalue weighted by Crippen LogP contribution is -2.40. The monoisotopic (exact) mass is 308 g/mol. The molecule has 3 atom stereocenters. The minimum atomic E-state index is -0.242. The Hall–Kier alpha value is -2.13. The Labute approximate surface area is 138 Å². The van der Waals surface area contributed by atoms with Crippen molar-refractivity contribution in [3.8, 4) is 0 Å². The molecule has 1 fully saturated rings. The Morgan fingerprint density at radius 3 is 2.35 bits per heavy atom. The fraction of sp³-hybridized carbons (Fsp3) is 0.350. The van der Waals surface area contributed by atoms with Crippen molar-refractivity contribution < 1.29 is 4.79 Å². The third-order valence-electron chi connectivity index (χ3n) is 4.86. The van der Waals surface area contributed by atoms with Crippen molar-refractivity contribution in [1.29, 1.82) is 0 Å². The maximum Gasteiger partial charge on any atom is 0.231 e. The molecule has 0 aliphatic carbocycles. The van der Waals surface area contributed by atoms with Crippen molar-refractivity contribution >= 4 is 5.91 Å². The van der Waals surface area contributed by atoms with Gasteiger partial charge in [-0.15, -0.1) is 0 Å². The second-order valence-corrected chi connectivity index (χ2v) is 6.38. The maximum absolute atomic E-state index is 13.0. The predicted octanol–water partition coefficient (Wildman–Crippen LogP) is 3.13. The van der Waals surface area contributed by atoms with Crippen LogP contribution in [0.3, 0.4) is 0 Å². The summed E-state index contributed by atoms with van der Waals surface area (Å²) in [6, 6.07) is 20.6. The quantitative estimate of drug-likeness (QED) is 0.943. The molecule has 1 saturated heterocycles. The van der Waals surface area contributed by atoms with Crippen LogP contribution in [0.15, 0.2) is 60.7 Å². The average molecular weight is 308 g/mol.